The minimum atomic E-state index is 0.332. The van der Waals surface area contributed by atoms with Gasteiger partial charge in [-0.05, 0) is 13.0 Å². The fraction of sp³-hybridized carbons (Fsp3) is 0.750. The van der Waals surface area contributed by atoms with E-state index in [1.807, 2.05) is 4.90 Å². The van der Waals surface area contributed by atoms with Gasteiger partial charge < -0.3 is 4.79 Å². The third kappa shape index (κ3) is 2.80. The van der Waals surface area contributed by atoms with Crippen LogP contribution in [-0.4, -0.2) is 36.6 Å². The van der Waals surface area contributed by atoms with Gasteiger partial charge in [0.05, 0.1) is 6.54 Å². The summed E-state index contributed by atoms with van der Waals surface area (Å²) in [6.45, 7) is 2.13. The summed E-state index contributed by atoms with van der Waals surface area (Å²) in [6, 6.07) is 0. The van der Waals surface area contributed by atoms with Gasteiger partial charge in [0.1, 0.15) is 12.1 Å². The van der Waals surface area contributed by atoms with Gasteiger partial charge in [-0.3, -0.25) is 9.69 Å². The van der Waals surface area contributed by atoms with Gasteiger partial charge in [-0.25, -0.2) is 0 Å². The molecule has 0 N–H and O–H groups in total. The third-order valence-corrected chi connectivity index (χ3v) is 1.97. The lowest BCUT2D eigenvalue weighted by Gasteiger charge is -2.14. The van der Waals surface area contributed by atoms with Crippen molar-refractivity contribution < 1.29 is 9.59 Å². The van der Waals surface area contributed by atoms with Crippen LogP contribution in [0, 0.1) is 0 Å². The van der Waals surface area contributed by atoms with Crippen molar-refractivity contribution in [2.75, 3.05) is 19.6 Å². The zero-order chi connectivity index (χ0) is 8.10. The molecule has 3 nitrogen and oxygen atoms in total. The van der Waals surface area contributed by atoms with Gasteiger partial charge in [0.2, 0.25) is 0 Å². The highest BCUT2D eigenvalue weighted by molar-refractivity contribution is 5.78. The maximum atomic E-state index is 10.9. The first-order chi connectivity index (χ1) is 5.33. The van der Waals surface area contributed by atoms with Crippen molar-refractivity contribution in [3.05, 3.63) is 0 Å². The molecule has 0 aliphatic carbocycles. The molecule has 11 heavy (non-hydrogen) atoms. The molecule has 1 saturated heterocycles. The Morgan fingerprint density at radius 1 is 1.36 bits per heavy atom. The third-order valence-electron chi connectivity index (χ3n) is 1.97. The largest absolute Gasteiger partial charge is 0.302 e. The lowest BCUT2D eigenvalue weighted by atomic mass is 10.2. The van der Waals surface area contributed by atoms with E-state index in [2.05, 4.69) is 0 Å². The average Bonchev–Trinajstić information content (AvgIpc) is 2.17. The first-order valence-electron chi connectivity index (χ1n) is 4.00. The summed E-state index contributed by atoms with van der Waals surface area (Å²) >= 11 is 0. The first-order valence-corrected chi connectivity index (χ1v) is 4.00. The van der Waals surface area contributed by atoms with Crippen LogP contribution < -0.4 is 0 Å². The topological polar surface area (TPSA) is 37.4 Å². The van der Waals surface area contributed by atoms with Gasteiger partial charge in [-0.2, -0.15) is 0 Å². The molecule has 0 aromatic carbocycles. The summed E-state index contributed by atoms with van der Waals surface area (Å²) in [7, 11) is 0. The Kier molecular flexibility index (Phi) is 3.23. The molecule has 1 aliphatic heterocycles. The number of rotatable bonds is 2. The van der Waals surface area contributed by atoms with Crippen molar-refractivity contribution >= 4 is 12.1 Å². The molecule has 1 rings (SSSR count). The normalized spacial score (nSPS) is 21.3. The van der Waals surface area contributed by atoms with Gasteiger partial charge in [-0.1, -0.05) is 0 Å². The van der Waals surface area contributed by atoms with E-state index < -0.39 is 0 Å². The number of hydrogen-bond donors (Lipinski definition) is 0. The van der Waals surface area contributed by atoms with E-state index in [9.17, 15) is 9.59 Å². The summed E-state index contributed by atoms with van der Waals surface area (Å²) in [4.78, 5) is 23.1. The van der Waals surface area contributed by atoms with Crippen molar-refractivity contribution in [1.82, 2.24) is 4.90 Å². The van der Waals surface area contributed by atoms with Crippen LogP contribution in [0.25, 0.3) is 0 Å². The molecule has 0 unspecified atom stereocenters. The maximum absolute atomic E-state index is 10.9. The van der Waals surface area contributed by atoms with Crippen molar-refractivity contribution in [2.24, 2.45) is 0 Å². The highest BCUT2D eigenvalue weighted by atomic mass is 16.1. The van der Waals surface area contributed by atoms with Gasteiger partial charge in [0.25, 0.3) is 0 Å². The fourth-order valence-corrected chi connectivity index (χ4v) is 1.31. The smallest absolute Gasteiger partial charge is 0.134 e. The molecule has 0 radical (unpaired) electrons. The van der Waals surface area contributed by atoms with E-state index in [0.717, 1.165) is 25.8 Å². The molecule has 0 aromatic heterocycles. The average molecular weight is 155 g/mol. The Hall–Kier alpha value is -0.700. The van der Waals surface area contributed by atoms with Crippen LogP contribution in [0.1, 0.15) is 19.3 Å². The van der Waals surface area contributed by atoms with E-state index in [4.69, 9.17) is 0 Å². The lowest BCUT2D eigenvalue weighted by molar-refractivity contribution is -0.119. The van der Waals surface area contributed by atoms with Crippen molar-refractivity contribution in [3.8, 4) is 0 Å². The second-order valence-electron chi connectivity index (χ2n) is 2.86. The minimum Gasteiger partial charge on any atom is -0.302 e. The summed E-state index contributed by atoms with van der Waals surface area (Å²) in [5, 5.41) is 0. The predicted octanol–water partition coefficient (Wildman–Crippen LogP) is 0.240. The number of ketones is 1. The zero-order valence-electron chi connectivity index (χ0n) is 6.58. The van der Waals surface area contributed by atoms with Gasteiger partial charge >= 0.3 is 0 Å². The first kappa shape index (κ1) is 8.40. The second-order valence-corrected chi connectivity index (χ2v) is 2.86. The lowest BCUT2D eigenvalue weighted by Crippen LogP contribution is -2.26. The van der Waals surface area contributed by atoms with Gasteiger partial charge in [0, 0.05) is 19.4 Å². The summed E-state index contributed by atoms with van der Waals surface area (Å²) in [5.41, 5.74) is 0. The fourth-order valence-electron chi connectivity index (χ4n) is 1.31. The second kappa shape index (κ2) is 4.23. The van der Waals surface area contributed by atoms with Crippen molar-refractivity contribution in [2.45, 2.75) is 19.3 Å². The number of Topliss-reactive ketones (excluding diaryl/α,β-unsaturated/α-hetero) is 1. The van der Waals surface area contributed by atoms with Crippen LogP contribution in [0.15, 0.2) is 0 Å². The molecule has 0 bridgehead atoms. The number of carbonyl (C=O) groups is 2. The molecule has 62 valence electrons. The quantitative estimate of drug-likeness (QED) is 0.536. The van der Waals surface area contributed by atoms with Gasteiger partial charge in [0.15, 0.2) is 0 Å². The van der Waals surface area contributed by atoms with Crippen LogP contribution >= 0.6 is 0 Å². The van der Waals surface area contributed by atoms with E-state index >= 15 is 0 Å². The summed E-state index contributed by atoms with van der Waals surface area (Å²) in [5.74, 6) is 0.332. The van der Waals surface area contributed by atoms with Crippen LogP contribution in [0.2, 0.25) is 0 Å². The SMILES string of the molecule is O=CCN1CCCC(=O)CC1. The van der Waals surface area contributed by atoms with Crippen LogP contribution in [0.5, 0.6) is 0 Å². The van der Waals surface area contributed by atoms with Crippen molar-refractivity contribution in [3.63, 3.8) is 0 Å². The van der Waals surface area contributed by atoms with E-state index in [1.165, 1.54) is 0 Å². The number of aldehydes is 1. The molecule has 0 saturated carbocycles. The number of likely N-dealkylation sites (tertiary alicyclic amines) is 1. The number of carbonyl (C=O) groups excluding carboxylic acids is 2. The molecule has 3 heteroatoms. The molecule has 0 aromatic rings. The van der Waals surface area contributed by atoms with Crippen molar-refractivity contribution in [1.29, 1.82) is 0 Å². The molecule has 0 atom stereocenters. The van der Waals surface area contributed by atoms with Crippen LogP contribution in [0.4, 0.5) is 0 Å². The van der Waals surface area contributed by atoms with Crippen LogP contribution in [0.3, 0.4) is 0 Å². The summed E-state index contributed by atoms with van der Waals surface area (Å²) < 4.78 is 0. The molecule has 0 spiro atoms. The molecule has 0 amide bonds. The molecule has 1 fully saturated rings. The minimum absolute atomic E-state index is 0.332. The Labute approximate surface area is 66.4 Å². The van der Waals surface area contributed by atoms with Crippen LogP contribution in [-0.2, 0) is 9.59 Å². The standard InChI is InChI=1S/C8H13NO2/c10-7-6-9-4-1-2-8(11)3-5-9/h7H,1-6H2. The Balaban J connectivity index is 2.33. The Morgan fingerprint density at radius 3 is 2.91 bits per heavy atom. The summed E-state index contributed by atoms with van der Waals surface area (Å²) in [6.07, 6.45) is 3.12. The molecule has 1 heterocycles. The number of hydrogen-bond acceptors (Lipinski definition) is 3. The van der Waals surface area contributed by atoms with E-state index in [1.54, 1.807) is 0 Å². The number of nitrogens with zero attached hydrogens (tertiary/aromatic N) is 1. The van der Waals surface area contributed by atoms with E-state index in [0.29, 0.717) is 25.2 Å². The monoisotopic (exact) mass is 155 g/mol. The zero-order valence-corrected chi connectivity index (χ0v) is 6.58. The maximum Gasteiger partial charge on any atom is 0.134 e. The van der Waals surface area contributed by atoms with E-state index in [-0.39, 0.29) is 0 Å². The Bertz CT molecular complexity index is 156. The van der Waals surface area contributed by atoms with Gasteiger partial charge in [-0.15, -0.1) is 0 Å². The molecular weight excluding hydrogens is 142 g/mol. The predicted molar refractivity (Wildman–Crippen MR) is 41.4 cm³/mol. The molecular formula is C8H13NO2. The molecule has 1 aliphatic rings. The highest BCUT2D eigenvalue weighted by Crippen LogP contribution is 2.05. The highest BCUT2D eigenvalue weighted by Gasteiger charge is 2.12. The Morgan fingerprint density at radius 2 is 2.18 bits per heavy atom.